The largest absolute Gasteiger partial charge is 0.416 e. The number of anilines is 1. The average molecular weight is 452 g/mol. The van der Waals surface area contributed by atoms with Crippen LogP contribution in [0.5, 0.6) is 0 Å². The van der Waals surface area contributed by atoms with E-state index in [1.807, 2.05) is 23.1 Å². The molecule has 1 aliphatic heterocycles. The van der Waals surface area contributed by atoms with E-state index in [-0.39, 0.29) is 5.92 Å². The second kappa shape index (κ2) is 6.87. The molecule has 0 aliphatic carbocycles. The summed E-state index contributed by atoms with van der Waals surface area (Å²) < 4.78 is 39.6. The number of halogens is 4. The number of aliphatic hydroxyl groups is 1. The van der Waals surface area contributed by atoms with Gasteiger partial charge in [0.1, 0.15) is 0 Å². The molecule has 0 amide bonds. The molecule has 1 aliphatic rings. The molecule has 0 saturated heterocycles. The number of hydrogen-bond acceptors (Lipinski definition) is 4. The van der Waals surface area contributed by atoms with E-state index in [2.05, 4.69) is 9.97 Å². The summed E-state index contributed by atoms with van der Waals surface area (Å²) in [6.07, 6.45) is -5.00. The molecular weight excluding hydrogens is 435 g/mol. The lowest BCUT2D eigenvalue weighted by Gasteiger charge is -2.34. The summed E-state index contributed by atoms with van der Waals surface area (Å²) in [4.78, 5) is 9.97. The third kappa shape index (κ3) is 3.23. The van der Waals surface area contributed by atoms with Gasteiger partial charge in [-0.25, -0.2) is 4.98 Å². The Kier molecular flexibility index (Phi) is 4.50. The lowest BCUT2D eigenvalue weighted by atomic mass is 9.88. The third-order valence-corrected chi connectivity index (χ3v) is 6.89. The van der Waals surface area contributed by atoms with Gasteiger partial charge in [0.15, 0.2) is 5.13 Å². The summed E-state index contributed by atoms with van der Waals surface area (Å²) in [6, 6.07) is 9.23. The second-order valence-electron chi connectivity index (χ2n) is 7.61. The van der Waals surface area contributed by atoms with E-state index >= 15 is 0 Å². The highest BCUT2D eigenvalue weighted by Crippen LogP contribution is 2.41. The minimum Gasteiger partial charge on any atom is -0.393 e. The molecule has 2 atom stereocenters. The molecule has 2 aromatic heterocycles. The topological polar surface area (TPSA) is 52.1 Å². The fourth-order valence-electron chi connectivity index (χ4n) is 4.14. The van der Waals surface area contributed by atoms with Crippen LogP contribution in [-0.2, 0) is 12.7 Å². The molecule has 4 aromatic rings. The van der Waals surface area contributed by atoms with Gasteiger partial charge in [-0.15, -0.1) is 0 Å². The van der Waals surface area contributed by atoms with Crippen molar-refractivity contribution in [3.05, 3.63) is 58.2 Å². The molecule has 2 N–H and O–H groups in total. The molecule has 2 aromatic carbocycles. The fourth-order valence-corrected chi connectivity index (χ4v) is 5.32. The van der Waals surface area contributed by atoms with Crippen molar-refractivity contribution >= 4 is 49.2 Å². The number of thiazole rings is 1. The van der Waals surface area contributed by atoms with Crippen molar-refractivity contribution in [3.8, 4) is 0 Å². The van der Waals surface area contributed by atoms with Gasteiger partial charge in [0.2, 0.25) is 0 Å². The maximum absolute atomic E-state index is 13.0. The number of H-pyrrole nitrogens is 1. The van der Waals surface area contributed by atoms with E-state index < -0.39 is 17.8 Å². The molecule has 0 spiro atoms. The van der Waals surface area contributed by atoms with E-state index in [1.165, 1.54) is 17.4 Å². The standard InChI is InChI=1S/C21H17ClF3N3OS/c1-10(29)14-8-28(9-17-19(14)13-7-12(22)3-5-15(13)26-17)20-27-16-4-2-11(21(23,24)25)6-18(16)30-20/h2-7,10,14,26,29H,8-9H2,1H3. The molecule has 2 unspecified atom stereocenters. The zero-order valence-electron chi connectivity index (χ0n) is 15.8. The first-order valence-corrected chi connectivity index (χ1v) is 10.6. The fraction of sp³-hybridized carbons (Fsp3) is 0.286. The third-order valence-electron chi connectivity index (χ3n) is 5.58. The number of fused-ring (bicyclic) bond motifs is 4. The van der Waals surface area contributed by atoms with Crippen LogP contribution >= 0.6 is 22.9 Å². The first-order valence-electron chi connectivity index (χ1n) is 9.41. The number of hydrogen-bond donors (Lipinski definition) is 2. The van der Waals surface area contributed by atoms with Gasteiger partial charge in [0.05, 0.1) is 28.4 Å². The summed E-state index contributed by atoms with van der Waals surface area (Å²) in [7, 11) is 0. The molecule has 5 rings (SSSR count). The molecule has 0 fully saturated rings. The molecule has 0 saturated carbocycles. The minimum absolute atomic E-state index is 0.182. The van der Waals surface area contributed by atoms with E-state index in [0.29, 0.717) is 33.5 Å². The zero-order valence-corrected chi connectivity index (χ0v) is 17.4. The molecule has 156 valence electrons. The highest BCUT2D eigenvalue weighted by molar-refractivity contribution is 7.22. The van der Waals surface area contributed by atoms with Gasteiger partial charge in [-0.2, -0.15) is 13.2 Å². The van der Waals surface area contributed by atoms with Gasteiger partial charge >= 0.3 is 6.18 Å². The number of nitrogens with zero attached hydrogens (tertiary/aromatic N) is 2. The first kappa shape index (κ1) is 19.7. The van der Waals surface area contributed by atoms with Gasteiger partial charge in [-0.1, -0.05) is 22.9 Å². The number of benzene rings is 2. The van der Waals surface area contributed by atoms with Crippen LogP contribution in [0.1, 0.15) is 29.7 Å². The van der Waals surface area contributed by atoms with Crippen molar-refractivity contribution in [1.82, 2.24) is 9.97 Å². The summed E-state index contributed by atoms with van der Waals surface area (Å²) >= 11 is 7.41. The van der Waals surface area contributed by atoms with Crippen molar-refractivity contribution in [2.75, 3.05) is 11.4 Å². The summed E-state index contributed by atoms with van der Waals surface area (Å²) in [5, 5.41) is 12.7. The monoisotopic (exact) mass is 451 g/mol. The highest BCUT2D eigenvalue weighted by Gasteiger charge is 2.34. The lowest BCUT2D eigenvalue weighted by Crippen LogP contribution is -2.37. The molecule has 4 nitrogen and oxygen atoms in total. The number of aromatic nitrogens is 2. The molecule has 0 radical (unpaired) electrons. The number of nitrogens with one attached hydrogen (secondary N) is 1. The molecule has 3 heterocycles. The Morgan fingerprint density at radius 1 is 1.27 bits per heavy atom. The maximum Gasteiger partial charge on any atom is 0.416 e. The highest BCUT2D eigenvalue weighted by atomic mass is 35.5. The van der Waals surface area contributed by atoms with Crippen LogP contribution in [0.15, 0.2) is 36.4 Å². The van der Waals surface area contributed by atoms with E-state index in [1.54, 1.807) is 6.92 Å². The van der Waals surface area contributed by atoms with Crippen LogP contribution < -0.4 is 4.90 Å². The van der Waals surface area contributed by atoms with Crippen LogP contribution in [-0.4, -0.2) is 27.7 Å². The number of alkyl halides is 3. The summed E-state index contributed by atoms with van der Waals surface area (Å²) in [5.41, 5.74) is 2.79. The minimum atomic E-state index is -4.39. The van der Waals surface area contributed by atoms with Crippen LogP contribution in [0.25, 0.3) is 21.1 Å². The first-order chi connectivity index (χ1) is 14.2. The van der Waals surface area contributed by atoms with E-state index in [9.17, 15) is 18.3 Å². The molecule has 0 bridgehead atoms. The van der Waals surface area contributed by atoms with Crippen molar-refractivity contribution in [1.29, 1.82) is 0 Å². The van der Waals surface area contributed by atoms with Crippen molar-refractivity contribution in [3.63, 3.8) is 0 Å². The summed E-state index contributed by atoms with van der Waals surface area (Å²) in [6.45, 7) is 2.78. The smallest absolute Gasteiger partial charge is 0.393 e. The molecule has 9 heteroatoms. The Hall–Kier alpha value is -2.29. The van der Waals surface area contributed by atoms with Crippen LogP contribution in [0, 0.1) is 0 Å². The summed E-state index contributed by atoms with van der Waals surface area (Å²) in [5.74, 6) is -0.182. The van der Waals surface area contributed by atoms with Gasteiger partial charge in [0.25, 0.3) is 0 Å². The predicted octanol–water partition coefficient (Wildman–Crippen LogP) is 5.93. The number of aromatic amines is 1. The van der Waals surface area contributed by atoms with Crippen molar-refractivity contribution < 1.29 is 18.3 Å². The van der Waals surface area contributed by atoms with Gasteiger partial charge in [-0.3, -0.25) is 0 Å². The van der Waals surface area contributed by atoms with E-state index in [4.69, 9.17) is 11.6 Å². The Balaban J connectivity index is 1.57. The number of aliphatic hydroxyl groups excluding tert-OH is 1. The zero-order chi connectivity index (χ0) is 21.2. The van der Waals surface area contributed by atoms with Crippen LogP contribution in [0.2, 0.25) is 5.02 Å². The quantitative estimate of drug-likeness (QED) is 0.397. The Bertz CT molecular complexity index is 1260. The Morgan fingerprint density at radius 3 is 2.80 bits per heavy atom. The molecule has 30 heavy (non-hydrogen) atoms. The van der Waals surface area contributed by atoms with Crippen LogP contribution in [0.4, 0.5) is 18.3 Å². The van der Waals surface area contributed by atoms with Gasteiger partial charge in [-0.05, 0) is 48.9 Å². The lowest BCUT2D eigenvalue weighted by molar-refractivity contribution is -0.137. The van der Waals surface area contributed by atoms with Crippen LogP contribution in [0.3, 0.4) is 0 Å². The van der Waals surface area contributed by atoms with E-state index in [0.717, 1.165) is 34.3 Å². The molecular formula is C21H17ClF3N3OS. The predicted molar refractivity (Wildman–Crippen MR) is 113 cm³/mol. The SMILES string of the molecule is CC(O)C1CN(c2nc3ccc(C(F)(F)F)cc3s2)Cc2[nH]c3ccc(Cl)cc3c21. The van der Waals surface area contributed by atoms with Gasteiger partial charge < -0.3 is 15.0 Å². The average Bonchev–Trinajstić information content (AvgIpc) is 3.26. The normalized spacial score (nSPS) is 18.2. The Labute approximate surface area is 178 Å². The van der Waals surface area contributed by atoms with Gasteiger partial charge in [0, 0.05) is 34.1 Å². The maximum atomic E-state index is 13.0. The van der Waals surface area contributed by atoms with Crippen molar-refractivity contribution in [2.45, 2.75) is 31.7 Å². The Morgan fingerprint density at radius 2 is 2.07 bits per heavy atom. The van der Waals surface area contributed by atoms with Crippen molar-refractivity contribution in [2.24, 2.45) is 0 Å². The second-order valence-corrected chi connectivity index (χ2v) is 9.06. The number of rotatable bonds is 2.